The molecule has 25 heteroatoms. The van der Waals surface area contributed by atoms with Gasteiger partial charge < -0.3 is 30.1 Å². The van der Waals surface area contributed by atoms with Crippen LogP contribution in [-0.2, 0) is 76.7 Å². The van der Waals surface area contributed by atoms with Crippen molar-refractivity contribution in [1.82, 2.24) is 40.3 Å². The van der Waals surface area contributed by atoms with Crippen LogP contribution in [-0.4, -0.2) is 109 Å². The third-order valence-corrected chi connectivity index (χ3v) is 15.2. The van der Waals surface area contributed by atoms with Gasteiger partial charge in [0.15, 0.2) is 0 Å². The maximum Gasteiger partial charge on any atom is 0.416 e. The first-order valence-corrected chi connectivity index (χ1v) is 27.5. The monoisotopic (exact) mass is 1140 g/mol. The minimum Gasteiger partial charge on any atom is -0.444 e. The predicted molar refractivity (Wildman–Crippen MR) is 288 cm³/mol. The summed E-state index contributed by atoms with van der Waals surface area (Å²) in [7, 11) is 1.79. The molecule has 2 saturated heterocycles. The molecule has 0 unspecified atom stereocenters. The van der Waals surface area contributed by atoms with E-state index in [1.807, 2.05) is 6.07 Å². The number of halogens is 3. The maximum atomic E-state index is 15.0. The number of nitrogens with zero attached hydrogens (tertiary/aromatic N) is 9. The van der Waals surface area contributed by atoms with Gasteiger partial charge in [0.25, 0.3) is 17.7 Å². The molecular formula is C57H67F3N12O10. The number of likely N-dealkylation sites (tertiary alicyclic amines) is 1. The number of ether oxygens (including phenoxy) is 1. The Labute approximate surface area is 472 Å². The van der Waals surface area contributed by atoms with E-state index in [0.717, 1.165) is 36.9 Å². The number of hydrogen-bond donors (Lipinski definition) is 3. The molecule has 1 aliphatic carbocycles. The lowest BCUT2D eigenvalue weighted by molar-refractivity contribution is -0.197. The number of pyridine rings is 1. The molecule has 0 radical (unpaired) electrons. The number of hydroxylamine groups is 2. The van der Waals surface area contributed by atoms with E-state index >= 15 is 0 Å². The average molecular weight is 1140 g/mol. The van der Waals surface area contributed by atoms with Gasteiger partial charge in [0, 0.05) is 63.6 Å². The summed E-state index contributed by atoms with van der Waals surface area (Å²) in [5, 5.41) is 26.7. The Bertz CT molecular complexity index is 3140. The second kappa shape index (κ2) is 25.3. The van der Waals surface area contributed by atoms with Gasteiger partial charge in [0.1, 0.15) is 42.5 Å². The van der Waals surface area contributed by atoms with Crippen LogP contribution in [0.2, 0.25) is 0 Å². The maximum absolute atomic E-state index is 15.0. The zero-order chi connectivity index (χ0) is 59.2. The van der Waals surface area contributed by atoms with Crippen LogP contribution in [0.4, 0.5) is 35.3 Å². The first-order valence-electron chi connectivity index (χ1n) is 27.5. The van der Waals surface area contributed by atoms with Gasteiger partial charge in [0.2, 0.25) is 17.7 Å². The smallest absolute Gasteiger partial charge is 0.416 e. The van der Waals surface area contributed by atoms with Gasteiger partial charge in [-0.05, 0) is 122 Å². The largest absolute Gasteiger partial charge is 0.444 e. The van der Waals surface area contributed by atoms with Crippen LogP contribution in [0, 0.1) is 29.1 Å². The molecule has 436 valence electrons. The van der Waals surface area contributed by atoms with Gasteiger partial charge in [-0.3, -0.25) is 43.5 Å². The molecule has 7 amide bonds. The van der Waals surface area contributed by atoms with Crippen LogP contribution >= 0.6 is 0 Å². The van der Waals surface area contributed by atoms with E-state index < -0.39 is 89.2 Å². The molecule has 5 heterocycles. The standard InChI is InChI=1S/C57H67F3N12O10/c1-33(2)50(66-46(73)11-7-12-49(76)82-72-47(74)17-18-48(72)75)52(78)63-36(5)51(77)64-40-15-13-37(14-16-40)31-81-55(80)70(21-9-19-61)44-24-39(56(26-35(4)27-56)54-67-62-32-68(54)6)25-45(65-44)71-30-42-41(53(71)79)22-38(23-43(42)57(58,59)60)29-69-20-8-10-34(3)28-69/h13-16,22-25,32-36,50H,7-12,17-18,20-21,26-31H2,1-6H3,(H,63,78)(H,64,77)(H,66,73)/t34-,35-,36-,50-,56+/m0/s1. The van der Waals surface area contributed by atoms with Crippen LogP contribution in [0.15, 0.2) is 54.9 Å². The SMILES string of the molecule is CC(C)[C@H](NC(=O)CCCC(=O)ON1C(=O)CCC1=O)C(=O)N[C@@H](C)C(=O)Nc1ccc(COC(=O)N(CCC#N)c2cc([C@]3(c4nncn4C)C[C@@H](C)C3)cc(N3Cc4c(cc(CN5CCC[C@H](C)C5)cc4C(F)(F)F)C3=O)n2)cc1. The van der Waals surface area contributed by atoms with Crippen LogP contribution in [0.25, 0.3) is 0 Å². The Balaban J connectivity index is 0.944. The summed E-state index contributed by atoms with van der Waals surface area (Å²) >= 11 is 0. The van der Waals surface area contributed by atoms with Crippen molar-refractivity contribution >= 4 is 64.8 Å². The highest BCUT2D eigenvalue weighted by Crippen LogP contribution is 2.53. The lowest BCUT2D eigenvalue weighted by Crippen LogP contribution is -2.53. The Morgan fingerprint density at radius 3 is 2.28 bits per heavy atom. The van der Waals surface area contributed by atoms with Crippen molar-refractivity contribution in [2.45, 2.75) is 142 Å². The first-order chi connectivity index (χ1) is 38.9. The number of benzene rings is 2. The number of imide groups is 1. The molecule has 2 aromatic carbocycles. The van der Waals surface area contributed by atoms with Crippen molar-refractivity contribution in [3.8, 4) is 6.07 Å². The minimum absolute atomic E-state index is 0.00772. The van der Waals surface area contributed by atoms with Crippen LogP contribution in [0.3, 0.4) is 0 Å². The average Bonchev–Trinajstić information content (AvgIpc) is 3.47. The number of amides is 7. The number of rotatable bonds is 21. The second-order valence-electron chi connectivity index (χ2n) is 22.2. The van der Waals surface area contributed by atoms with E-state index in [9.17, 15) is 56.8 Å². The van der Waals surface area contributed by atoms with Crippen LogP contribution < -0.4 is 25.8 Å². The molecular weight excluding hydrogens is 1070 g/mol. The molecule has 4 aromatic rings. The molecule has 8 rings (SSSR count). The van der Waals surface area contributed by atoms with Gasteiger partial charge in [-0.2, -0.15) is 18.4 Å². The summed E-state index contributed by atoms with van der Waals surface area (Å²) in [6.07, 6.45) is -1.73. The van der Waals surface area contributed by atoms with Crippen molar-refractivity contribution in [2.75, 3.05) is 34.8 Å². The summed E-state index contributed by atoms with van der Waals surface area (Å²) in [5.41, 5.74) is -0.190. The molecule has 1 saturated carbocycles. The number of aryl methyl sites for hydroxylation is 1. The predicted octanol–water partition coefficient (Wildman–Crippen LogP) is 6.76. The summed E-state index contributed by atoms with van der Waals surface area (Å²) in [6, 6.07) is 12.2. The quantitative estimate of drug-likeness (QED) is 0.0728. The molecule has 22 nitrogen and oxygen atoms in total. The third-order valence-electron chi connectivity index (χ3n) is 15.2. The number of carbonyl (C=O) groups excluding carboxylic acids is 8. The number of aromatic nitrogens is 4. The van der Waals surface area contributed by atoms with E-state index in [1.165, 1.54) is 11.8 Å². The Morgan fingerprint density at radius 1 is 0.927 bits per heavy atom. The number of piperidine rings is 1. The summed E-state index contributed by atoms with van der Waals surface area (Å²) in [5.74, 6) is -3.82. The van der Waals surface area contributed by atoms with E-state index in [2.05, 4.69) is 44.9 Å². The van der Waals surface area contributed by atoms with Crippen molar-refractivity contribution in [2.24, 2.45) is 24.8 Å². The summed E-state index contributed by atoms with van der Waals surface area (Å²) < 4.78 is 52.5. The molecule has 3 atom stereocenters. The minimum atomic E-state index is -4.77. The topological polar surface area (TPSA) is 271 Å². The van der Waals surface area contributed by atoms with Gasteiger partial charge in [0.05, 0.1) is 30.0 Å². The van der Waals surface area contributed by atoms with Gasteiger partial charge in [-0.25, -0.2) is 14.6 Å². The highest BCUT2D eigenvalue weighted by Gasteiger charge is 2.50. The zero-order valence-corrected chi connectivity index (χ0v) is 46.6. The molecule has 3 aliphatic heterocycles. The molecule has 3 N–H and O–H groups in total. The molecule has 4 aliphatic rings. The van der Waals surface area contributed by atoms with Crippen LogP contribution in [0.1, 0.15) is 143 Å². The van der Waals surface area contributed by atoms with E-state index in [4.69, 9.17) is 14.6 Å². The molecule has 82 heavy (non-hydrogen) atoms. The molecule has 0 bridgehead atoms. The fourth-order valence-corrected chi connectivity index (χ4v) is 11.1. The van der Waals surface area contributed by atoms with Crippen LogP contribution in [0.5, 0.6) is 0 Å². The number of nitriles is 1. The van der Waals surface area contributed by atoms with Gasteiger partial charge in [-0.1, -0.05) is 39.8 Å². The van der Waals surface area contributed by atoms with E-state index in [-0.39, 0.29) is 86.9 Å². The zero-order valence-electron chi connectivity index (χ0n) is 46.6. The number of hydrogen-bond acceptors (Lipinski definition) is 15. The third kappa shape index (κ3) is 13.7. The number of alkyl halides is 3. The molecule has 2 aromatic heterocycles. The Hall–Kier alpha value is -8.27. The summed E-state index contributed by atoms with van der Waals surface area (Å²) in [6.45, 7) is 9.78. The van der Waals surface area contributed by atoms with E-state index in [0.29, 0.717) is 52.0 Å². The highest BCUT2D eigenvalue weighted by atomic mass is 19.4. The van der Waals surface area contributed by atoms with Crippen molar-refractivity contribution in [3.63, 3.8) is 0 Å². The van der Waals surface area contributed by atoms with Crippen molar-refractivity contribution in [1.29, 1.82) is 5.26 Å². The lowest BCUT2D eigenvalue weighted by Gasteiger charge is -2.46. The highest BCUT2D eigenvalue weighted by molar-refractivity contribution is 6.10. The van der Waals surface area contributed by atoms with Gasteiger partial charge in [-0.15, -0.1) is 15.3 Å². The lowest BCUT2D eigenvalue weighted by atomic mass is 9.58. The molecule has 3 fully saturated rings. The number of carbonyl (C=O) groups is 8. The van der Waals surface area contributed by atoms with E-state index in [1.54, 1.807) is 74.3 Å². The van der Waals surface area contributed by atoms with Crippen molar-refractivity contribution in [3.05, 3.63) is 94.1 Å². The number of nitrogens with one attached hydrogen (secondary N) is 3. The van der Waals surface area contributed by atoms with Gasteiger partial charge >= 0.3 is 18.2 Å². The number of fused-ring (bicyclic) bond motifs is 1. The normalized spacial score (nSPS) is 19.7. The Morgan fingerprint density at radius 2 is 1.65 bits per heavy atom. The fraction of sp³-hybridized carbons (Fsp3) is 0.509. The van der Waals surface area contributed by atoms with Crippen molar-refractivity contribution < 1.29 is 61.1 Å². The Kier molecular flexibility index (Phi) is 18.4. The number of anilines is 3. The first kappa shape index (κ1) is 59.8. The fourth-order valence-electron chi connectivity index (χ4n) is 11.1. The molecule has 0 spiro atoms. The second-order valence-corrected chi connectivity index (χ2v) is 22.2. The summed E-state index contributed by atoms with van der Waals surface area (Å²) in [4.78, 5) is 118.